The second-order valence-electron chi connectivity index (χ2n) is 7.50. The van der Waals surface area contributed by atoms with Crippen LogP contribution in [0.25, 0.3) is 17.1 Å². The summed E-state index contributed by atoms with van der Waals surface area (Å²) in [5.74, 6) is 1.03. The van der Waals surface area contributed by atoms with Crippen molar-refractivity contribution in [3.05, 3.63) is 59.7 Å². The first-order valence-electron chi connectivity index (χ1n) is 10.2. The predicted octanol–water partition coefficient (Wildman–Crippen LogP) is 3.94. The van der Waals surface area contributed by atoms with Gasteiger partial charge in [-0.25, -0.2) is 0 Å². The Kier molecular flexibility index (Phi) is 6.50. The van der Waals surface area contributed by atoms with E-state index >= 15 is 0 Å². The third-order valence-corrected chi connectivity index (χ3v) is 6.23. The van der Waals surface area contributed by atoms with Gasteiger partial charge in [0.1, 0.15) is 0 Å². The molecule has 0 saturated carbocycles. The number of carbonyl (C=O) groups excluding carboxylic acids is 1. The van der Waals surface area contributed by atoms with Crippen molar-refractivity contribution in [1.29, 1.82) is 0 Å². The van der Waals surface area contributed by atoms with Gasteiger partial charge in [0.25, 0.3) is 0 Å². The lowest BCUT2D eigenvalue weighted by Crippen LogP contribution is -2.32. The number of benzene rings is 2. The van der Waals surface area contributed by atoms with Gasteiger partial charge in [-0.3, -0.25) is 9.36 Å². The van der Waals surface area contributed by atoms with Gasteiger partial charge in [-0.05, 0) is 56.0 Å². The van der Waals surface area contributed by atoms with E-state index in [-0.39, 0.29) is 17.8 Å². The van der Waals surface area contributed by atoms with Gasteiger partial charge in [-0.15, -0.1) is 10.2 Å². The molecule has 1 aliphatic rings. The molecule has 0 unspecified atom stereocenters. The van der Waals surface area contributed by atoms with Crippen molar-refractivity contribution in [1.82, 2.24) is 20.1 Å². The van der Waals surface area contributed by atoms with Gasteiger partial charge in [0.05, 0.1) is 11.9 Å². The van der Waals surface area contributed by atoms with E-state index < -0.39 is 0 Å². The molecule has 1 N–H and O–H groups in total. The molecule has 1 amide bonds. The first-order valence-corrected chi connectivity index (χ1v) is 11.2. The SMILES string of the molecule is Cc1ccc(-c2nnc(SCC(=O)NC[C@H]3CCCO3)n2-c2ccccc2)cc1C. The summed E-state index contributed by atoms with van der Waals surface area (Å²) < 4.78 is 7.58. The molecular weight excluding hydrogens is 396 g/mol. The summed E-state index contributed by atoms with van der Waals surface area (Å²) in [7, 11) is 0. The number of hydrogen-bond donors (Lipinski definition) is 1. The maximum Gasteiger partial charge on any atom is 0.230 e. The minimum atomic E-state index is -0.0224. The molecule has 30 heavy (non-hydrogen) atoms. The maximum absolute atomic E-state index is 12.3. The number of para-hydroxylation sites is 1. The van der Waals surface area contributed by atoms with Gasteiger partial charge in [0.2, 0.25) is 5.91 Å². The fraction of sp³-hybridized carbons (Fsp3) is 0.348. The normalized spacial score (nSPS) is 16.0. The Labute approximate surface area is 181 Å². The van der Waals surface area contributed by atoms with E-state index in [0.717, 1.165) is 36.5 Å². The number of hydrogen-bond acceptors (Lipinski definition) is 5. The van der Waals surface area contributed by atoms with Crippen LogP contribution in [0.2, 0.25) is 0 Å². The highest BCUT2D eigenvalue weighted by atomic mass is 32.2. The number of thioether (sulfide) groups is 1. The van der Waals surface area contributed by atoms with Gasteiger partial charge in [0, 0.05) is 24.4 Å². The van der Waals surface area contributed by atoms with E-state index in [1.165, 1.54) is 22.9 Å². The van der Waals surface area contributed by atoms with Crippen molar-refractivity contribution in [3.8, 4) is 17.1 Å². The van der Waals surface area contributed by atoms with E-state index in [9.17, 15) is 4.79 Å². The molecule has 156 valence electrons. The van der Waals surface area contributed by atoms with Crippen molar-refractivity contribution < 1.29 is 9.53 Å². The fourth-order valence-corrected chi connectivity index (χ4v) is 4.24. The molecule has 1 fully saturated rings. The van der Waals surface area contributed by atoms with Crippen molar-refractivity contribution in [2.75, 3.05) is 18.9 Å². The molecule has 3 aromatic rings. The van der Waals surface area contributed by atoms with E-state index in [0.29, 0.717) is 11.7 Å². The molecule has 1 aromatic heterocycles. The Morgan fingerprint density at radius 3 is 2.73 bits per heavy atom. The number of aromatic nitrogens is 3. The van der Waals surface area contributed by atoms with Crippen LogP contribution in [0.4, 0.5) is 0 Å². The van der Waals surface area contributed by atoms with Gasteiger partial charge >= 0.3 is 0 Å². The molecule has 0 spiro atoms. The summed E-state index contributed by atoms with van der Waals surface area (Å²) >= 11 is 1.39. The topological polar surface area (TPSA) is 69.0 Å². The number of aryl methyl sites for hydroxylation is 2. The van der Waals surface area contributed by atoms with Crippen molar-refractivity contribution in [3.63, 3.8) is 0 Å². The van der Waals surface area contributed by atoms with Crippen LogP contribution in [0.15, 0.2) is 53.7 Å². The van der Waals surface area contributed by atoms with Crippen molar-refractivity contribution in [2.45, 2.75) is 37.9 Å². The van der Waals surface area contributed by atoms with E-state index in [2.05, 4.69) is 47.6 Å². The molecule has 0 radical (unpaired) electrons. The highest BCUT2D eigenvalue weighted by molar-refractivity contribution is 7.99. The lowest BCUT2D eigenvalue weighted by Gasteiger charge is -2.12. The predicted molar refractivity (Wildman–Crippen MR) is 119 cm³/mol. The number of rotatable bonds is 7. The van der Waals surface area contributed by atoms with Crippen LogP contribution >= 0.6 is 11.8 Å². The van der Waals surface area contributed by atoms with Crippen LogP contribution in [-0.2, 0) is 9.53 Å². The van der Waals surface area contributed by atoms with E-state index in [4.69, 9.17) is 4.74 Å². The molecule has 7 heteroatoms. The Morgan fingerprint density at radius 2 is 2.00 bits per heavy atom. The summed E-state index contributed by atoms with van der Waals surface area (Å²) in [6.07, 6.45) is 2.22. The van der Waals surface area contributed by atoms with Gasteiger partial charge in [-0.1, -0.05) is 42.1 Å². The second-order valence-corrected chi connectivity index (χ2v) is 8.45. The second kappa shape index (κ2) is 9.45. The standard InChI is InChI=1S/C23H26N4O2S/c1-16-10-11-18(13-17(16)2)22-25-26-23(27(22)19-7-4-3-5-8-19)30-15-21(28)24-14-20-9-6-12-29-20/h3-5,7-8,10-11,13,20H,6,9,12,14-15H2,1-2H3,(H,24,28)/t20-/m1/s1. The first kappa shape index (κ1) is 20.6. The van der Waals surface area contributed by atoms with Crippen LogP contribution < -0.4 is 5.32 Å². The van der Waals surface area contributed by atoms with Crippen LogP contribution in [-0.4, -0.2) is 45.7 Å². The summed E-state index contributed by atoms with van der Waals surface area (Å²) in [4.78, 5) is 12.3. The zero-order valence-corrected chi connectivity index (χ0v) is 18.1. The highest BCUT2D eigenvalue weighted by Gasteiger charge is 2.19. The third-order valence-electron chi connectivity index (χ3n) is 5.30. The minimum Gasteiger partial charge on any atom is -0.376 e. The zero-order valence-electron chi connectivity index (χ0n) is 17.3. The molecule has 1 saturated heterocycles. The molecule has 1 atom stereocenters. The highest BCUT2D eigenvalue weighted by Crippen LogP contribution is 2.29. The summed E-state index contributed by atoms with van der Waals surface area (Å²) in [5.41, 5.74) is 4.42. The molecular formula is C23H26N4O2S. The molecule has 0 bridgehead atoms. The quantitative estimate of drug-likeness (QED) is 0.584. The average Bonchev–Trinajstić information content (AvgIpc) is 3.43. The van der Waals surface area contributed by atoms with Crippen LogP contribution in [0.1, 0.15) is 24.0 Å². The van der Waals surface area contributed by atoms with Crippen LogP contribution in [0.5, 0.6) is 0 Å². The monoisotopic (exact) mass is 422 g/mol. The van der Waals surface area contributed by atoms with Crippen molar-refractivity contribution in [2.24, 2.45) is 0 Å². The Balaban J connectivity index is 1.54. The van der Waals surface area contributed by atoms with Gasteiger partial charge in [-0.2, -0.15) is 0 Å². The number of nitrogens with zero attached hydrogens (tertiary/aromatic N) is 3. The number of amides is 1. The molecule has 1 aliphatic heterocycles. The molecule has 4 rings (SSSR count). The lowest BCUT2D eigenvalue weighted by molar-refractivity contribution is -0.119. The fourth-order valence-electron chi connectivity index (χ4n) is 3.45. The largest absolute Gasteiger partial charge is 0.376 e. The zero-order chi connectivity index (χ0) is 20.9. The average molecular weight is 423 g/mol. The Morgan fingerprint density at radius 1 is 1.17 bits per heavy atom. The Hall–Kier alpha value is -2.64. The number of carbonyl (C=O) groups is 1. The molecule has 2 aromatic carbocycles. The van der Waals surface area contributed by atoms with Gasteiger partial charge in [0.15, 0.2) is 11.0 Å². The minimum absolute atomic E-state index is 0.0224. The van der Waals surface area contributed by atoms with E-state index in [1.54, 1.807) is 0 Å². The summed E-state index contributed by atoms with van der Waals surface area (Å²) in [6, 6.07) is 16.3. The van der Waals surface area contributed by atoms with Crippen LogP contribution in [0, 0.1) is 13.8 Å². The van der Waals surface area contributed by atoms with Crippen LogP contribution in [0.3, 0.4) is 0 Å². The molecule has 0 aliphatic carbocycles. The number of nitrogens with one attached hydrogen (secondary N) is 1. The first-order chi connectivity index (χ1) is 14.6. The van der Waals surface area contributed by atoms with Gasteiger partial charge < -0.3 is 10.1 Å². The summed E-state index contributed by atoms with van der Waals surface area (Å²) in [6.45, 7) is 5.54. The lowest BCUT2D eigenvalue weighted by atomic mass is 10.1. The molecule has 2 heterocycles. The third kappa shape index (κ3) is 4.74. The van der Waals surface area contributed by atoms with E-state index in [1.807, 2.05) is 34.9 Å². The Bertz CT molecular complexity index is 1010. The number of ether oxygens (including phenoxy) is 1. The van der Waals surface area contributed by atoms with Crippen molar-refractivity contribution >= 4 is 17.7 Å². The molecule has 6 nitrogen and oxygen atoms in total. The maximum atomic E-state index is 12.3. The smallest absolute Gasteiger partial charge is 0.230 e. The summed E-state index contributed by atoms with van der Waals surface area (Å²) in [5, 5.41) is 12.5.